The van der Waals surface area contributed by atoms with Gasteiger partial charge in [-0.3, -0.25) is 4.90 Å². The quantitative estimate of drug-likeness (QED) is 0.491. The molecule has 8 nitrogen and oxygen atoms in total. The highest BCUT2D eigenvalue weighted by atomic mass is 16.5. The molecule has 0 saturated carbocycles. The van der Waals surface area contributed by atoms with E-state index in [9.17, 15) is 0 Å². The second kappa shape index (κ2) is 11.5. The molecule has 2 rings (SSSR count). The smallest absolute Gasteiger partial charge is 0.191 e. The summed E-state index contributed by atoms with van der Waals surface area (Å²) in [5.41, 5.74) is 0.931. The summed E-state index contributed by atoms with van der Waals surface area (Å²) < 4.78 is 21.6. The molecular weight excluding hydrogens is 348 g/mol. The first kappa shape index (κ1) is 21.1. The fourth-order valence-corrected chi connectivity index (χ4v) is 2.88. The van der Waals surface area contributed by atoms with Crippen LogP contribution in [0.2, 0.25) is 0 Å². The van der Waals surface area contributed by atoms with Gasteiger partial charge in [0.05, 0.1) is 41.1 Å². The predicted octanol–water partition coefficient (Wildman–Crippen LogP) is 1.10. The van der Waals surface area contributed by atoms with E-state index in [2.05, 4.69) is 27.4 Å². The fraction of sp³-hybridized carbons (Fsp3) is 0.632. The van der Waals surface area contributed by atoms with Gasteiger partial charge in [-0.25, -0.2) is 4.99 Å². The molecule has 0 aromatic heterocycles. The van der Waals surface area contributed by atoms with E-state index >= 15 is 0 Å². The first-order valence-electron chi connectivity index (χ1n) is 9.33. The van der Waals surface area contributed by atoms with Gasteiger partial charge in [-0.05, 0) is 13.0 Å². The van der Waals surface area contributed by atoms with Crippen molar-refractivity contribution < 1.29 is 18.9 Å². The zero-order valence-electron chi connectivity index (χ0n) is 16.8. The minimum atomic E-state index is 0.469. The van der Waals surface area contributed by atoms with Crippen molar-refractivity contribution in [3.8, 4) is 17.2 Å². The summed E-state index contributed by atoms with van der Waals surface area (Å²) in [6, 6.07) is 3.72. The molecule has 0 aliphatic carbocycles. The summed E-state index contributed by atoms with van der Waals surface area (Å²) in [5, 5.41) is 6.66. The highest BCUT2D eigenvalue weighted by molar-refractivity contribution is 5.79. The summed E-state index contributed by atoms with van der Waals surface area (Å²) in [5.74, 6) is 2.80. The standard InChI is InChI=1S/C19H32N4O4/c1-5-20-19(21-6-7-23-8-10-27-11-9-23)22-14-15-12-17(25-3)18(26-4)13-16(15)24-2/h12-13H,5-11,14H2,1-4H3,(H2,20,21,22). The van der Waals surface area contributed by atoms with Gasteiger partial charge >= 0.3 is 0 Å². The van der Waals surface area contributed by atoms with Crippen LogP contribution in [0.3, 0.4) is 0 Å². The lowest BCUT2D eigenvalue weighted by Crippen LogP contribution is -2.44. The third kappa shape index (κ3) is 6.48. The van der Waals surface area contributed by atoms with Gasteiger partial charge < -0.3 is 29.6 Å². The maximum atomic E-state index is 5.48. The van der Waals surface area contributed by atoms with Gasteiger partial charge in [0.1, 0.15) is 5.75 Å². The van der Waals surface area contributed by atoms with E-state index in [-0.39, 0.29) is 0 Å². The maximum Gasteiger partial charge on any atom is 0.191 e. The Morgan fingerprint density at radius 1 is 1.04 bits per heavy atom. The number of aliphatic imine (C=N–C) groups is 1. The number of morpholine rings is 1. The van der Waals surface area contributed by atoms with Crippen LogP contribution in [0.25, 0.3) is 0 Å². The molecule has 1 heterocycles. The number of ether oxygens (including phenoxy) is 4. The molecule has 0 unspecified atom stereocenters. The van der Waals surface area contributed by atoms with E-state index in [1.807, 2.05) is 12.1 Å². The molecule has 1 fully saturated rings. The zero-order chi connectivity index (χ0) is 19.5. The Hall–Kier alpha value is -2.19. The molecule has 1 aromatic carbocycles. The van der Waals surface area contributed by atoms with Gasteiger partial charge in [0.15, 0.2) is 17.5 Å². The van der Waals surface area contributed by atoms with Crippen LogP contribution in [0.4, 0.5) is 0 Å². The number of methoxy groups -OCH3 is 3. The Morgan fingerprint density at radius 3 is 2.33 bits per heavy atom. The number of nitrogens with one attached hydrogen (secondary N) is 2. The van der Waals surface area contributed by atoms with Crippen molar-refractivity contribution in [3.05, 3.63) is 17.7 Å². The van der Waals surface area contributed by atoms with Crippen LogP contribution in [0, 0.1) is 0 Å². The van der Waals surface area contributed by atoms with Crippen LogP contribution in [-0.2, 0) is 11.3 Å². The molecule has 1 saturated heterocycles. The van der Waals surface area contributed by atoms with Crippen LogP contribution in [0.15, 0.2) is 17.1 Å². The Labute approximate surface area is 161 Å². The molecule has 0 radical (unpaired) electrons. The van der Waals surface area contributed by atoms with E-state index < -0.39 is 0 Å². The maximum absolute atomic E-state index is 5.48. The van der Waals surface area contributed by atoms with E-state index in [0.29, 0.717) is 18.0 Å². The van der Waals surface area contributed by atoms with Crippen molar-refractivity contribution in [1.82, 2.24) is 15.5 Å². The molecule has 0 bridgehead atoms. The number of benzene rings is 1. The number of nitrogens with zero attached hydrogens (tertiary/aromatic N) is 2. The van der Waals surface area contributed by atoms with Crippen LogP contribution in [0.5, 0.6) is 17.2 Å². The minimum Gasteiger partial charge on any atom is -0.496 e. The number of rotatable bonds is 9. The SMILES string of the molecule is CCNC(=NCc1cc(OC)c(OC)cc1OC)NCCN1CCOCC1. The average Bonchev–Trinajstić information content (AvgIpc) is 2.72. The van der Waals surface area contributed by atoms with Crippen molar-refractivity contribution in [3.63, 3.8) is 0 Å². The molecule has 1 aromatic rings. The molecule has 1 aliphatic heterocycles. The second-order valence-corrected chi connectivity index (χ2v) is 6.09. The Bertz CT molecular complexity index is 604. The first-order chi connectivity index (χ1) is 13.2. The van der Waals surface area contributed by atoms with E-state index in [1.54, 1.807) is 21.3 Å². The third-order valence-corrected chi connectivity index (χ3v) is 4.36. The van der Waals surface area contributed by atoms with Gasteiger partial charge in [-0.2, -0.15) is 0 Å². The molecule has 2 N–H and O–H groups in total. The molecule has 27 heavy (non-hydrogen) atoms. The minimum absolute atomic E-state index is 0.469. The molecule has 0 atom stereocenters. The largest absolute Gasteiger partial charge is 0.496 e. The van der Waals surface area contributed by atoms with E-state index in [0.717, 1.165) is 63.2 Å². The van der Waals surface area contributed by atoms with Gasteiger partial charge in [0.25, 0.3) is 0 Å². The Morgan fingerprint density at radius 2 is 1.70 bits per heavy atom. The van der Waals surface area contributed by atoms with Crippen molar-refractivity contribution >= 4 is 5.96 Å². The van der Waals surface area contributed by atoms with Crippen molar-refractivity contribution in [1.29, 1.82) is 0 Å². The number of hydrogen-bond acceptors (Lipinski definition) is 6. The van der Waals surface area contributed by atoms with Gasteiger partial charge in [0.2, 0.25) is 0 Å². The molecule has 0 amide bonds. The summed E-state index contributed by atoms with van der Waals surface area (Å²) >= 11 is 0. The Kier molecular flexibility index (Phi) is 9.00. The van der Waals surface area contributed by atoms with Crippen molar-refractivity contribution in [2.45, 2.75) is 13.5 Å². The van der Waals surface area contributed by atoms with Crippen LogP contribution in [-0.4, -0.2) is 78.1 Å². The number of hydrogen-bond donors (Lipinski definition) is 2. The van der Waals surface area contributed by atoms with Crippen LogP contribution in [0.1, 0.15) is 12.5 Å². The summed E-state index contributed by atoms with van der Waals surface area (Å²) in [4.78, 5) is 7.07. The second-order valence-electron chi connectivity index (χ2n) is 6.09. The van der Waals surface area contributed by atoms with Crippen LogP contribution >= 0.6 is 0 Å². The normalized spacial score (nSPS) is 15.3. The highest BCUT2D eigenvalue weighted by Crippen LogP contribution is 2.34. The van der Waals surface area contributed by atoms with Gasteiger partial charge in [0, 0.05) is 44.4 Å². The molecular formula is C19H32N4O4. The first-order valence-corrected chi connectivity index (χ1v) is 9.33. The topological polar surface area (TPSA) is 76.6 Å². The highest BCUT2D eigenvalue weighted by Gasteiger charge is 2.12. The van der Waals surface area contributed by atoms with Crippen molar-refractivity contribution in [2.75, 3.05) is 67.3 Å². The average molecular weight is 380 g/mol. The predicted molar refractivity (Wildman–Crippen MR) is 106 cm³/mol. The lowest BCUT2D eigenvalue weighted by atomic mass is 10.1. The number of guanidine groups is 1. The molecule has 152 valence electrons. The molecule has 8 heteroatoms. The Balaban J connectivity index is 2.00. The van der Waals surface area contributed by atoms with Gasteiger partial charge in [-0.1, -0.05) is 0 Å². The lowest BCUT2D eigenvalue weighted by Gasteiger charge is -2.26. The summed E-state index contributed by atoms with van der Waals surface area (Å²) in [7, 11) is 4.87. The lowest BCUT2D eigenvalue weighted by molar-refractivity contribution is 0.0389. The molecule has 0 spiro atoms. The summed E-state index contributed by atoms with van der Waals surface area (Å²) in [6.07, 6.45) is 0. The third-order valence-electron chi connectivity index (χ3n) is 4.36. The van der Waals surface area contributed by atoms with Gasteiger partial charge in [-0.15, -0.1) is 0 Å². The van der Waals surface area contributed by atoms with Crippen LogP contribution < -0.4 is 24.8 Å². The summed E-state index contributed by atoms with van der Waals surface area (Å²) in [6.45, 7) is 8.71. The van der Waals surface area contributed by atoms with Crippen molar-refractivity contribution in [2.24, 2.45) is 4.99 Å². The zero-order valence-corrected chi connectivity index (χ0v) is 16.8. The van der Waals surface area contributed by atoms with E-state index in [1.165, 1.54) is 0 Å². The van der Waals surface area contributed by atoms with E-state index in [4.69, 9.17) is 18.9 Å². The molecule has 1 aliphatic rings. The fourth-order valence-electron chi connectivity index (χ4n) is 2.88. The monoisotopic (exact) mass is 380 g/mol.